The molecule has 0 radical (unpaired) electrons. The molecule has 0 fully saturated rings. The Bertz CT molecular complexity index is 1150. The highest BCUT2D eigenvalue weighted by atomic mass is 35.5. The number of nitrogens with one attached hydrogen (secondary N) is 1. The van der Waals surface area contributed by atoms with Crippen LogP contribution in [0.25, 0.3) is 0 Å². The van der Waals surface area contributed by atoms with Gasteiger partial charge in [-0.2, -0.15) is 0 Å². The normalized spacial score (nSPS) is 16.2. The molecule has 2 aromatic carbocycles. The number of hydrogen-bond acceptors (Lipinski definition) is 5. The van der Waals surface area contributed by atoms with Crippen LogP contribution in [0.5, 0.6) is 5.75 Å². The molecule has 1 N–H and O–H groups in total. The second-order valence-corrected chi connectivity index (χ2v) is 9.87. The summed E-state index contributed by atoms with van der Waals surface area (Å²) in [5.41, 5.74) is 1.32. The third-order valence-corrected chi connectivity index (χ3v) is 8.05. The summed E-state index contributed by atoms with van der Waals surface area (Å²) in [5.74, 6) is 0.352. The van der Waals surface area contributed by atoms with E-state index >= 15 is 0 Å². The fraction of sp³-hybridized carbons (Fsp3) is 0.190. The van der Waals surface area contributed by atoms with Crippen LogP contribution in [0.1, 0.15) is 29.7 Å². The summed E-state index contributed by atoms with van der Waals surface area (Å²) in [6, 6.07) is 13.6. The molecule has 0 unspecified atom stereocenters. The van der Waals surface area contributed by atoms with Gasteiger partial charge < -0.3 is 10.1 Å². The molecular formula is C21H18ClNO4S2. The Morgan fingerprint density at radius 1 is 1.14 bits per heavy atom. The van der Waals surface area contributed by atoms with Crippen molar-refractivity contribution in [1.29, 1.82) is 0 Å². The summed E-state index contributed by atoms with van der Waals surface area (Å²) in [4.78, 5) is 13.5. The minimum Gasteiger partial charge on any atom is -0.494 e. The van der Waals surface area contributed by atoms with Crippen molar-refractivity contribution in [2.45, 2.75) is 29.1 Å². The second kappa shape index (κ2) is 7.82. The summed E-state index contributed by atoms with van der Waals surface area (Å²) >= 11 is 7.23. The van der Waals surface area contributed by atoms with Crippen LogP contribution in [-0.4, -0.2) is 20.9 Å². The van der Waals surface area contributed by atoms with Gasteiger partial charge in [0, 0.05) is 27.6 Å². The van der Waals surface area contributed by atoms with Gasteiger partial charge in [-0.25, -0.2) is 8.42 Å². The second-order valence-electron chi connectivity index (χ2n) is 6.60. The van der Waals surface area contributed by atoms with Gasteiger partial charge in [0.25, 0.3) is 0 Å². The molecule has 0 saturated carbocycles. The number of thiophene rings is 1. The summed E-state index contributed by atoms with van der Waals surface area (Å²) in [6.07, 6.45) is 0.266. The molecule has 1 aliphatic rings. The molecule has 4 rings (SSSR count). The molecule has 1 aliphatic heterocycles. The third-order valence-electron chi connectivity index (χ3n) is 4.76. The molecule has 1 amide bonds. The first kappa shape index (κ1) is 19.9. The van der Waals surface area contributed by atoms with E-state index in [1.807, 2.05) is 31.2 Å². The molecular weight excluding hydrogens is 430 g/mol. The van der Waals surface area contributed by atoms with Crippen molar-refractivity contribution in [2.75, 3.05) is 11.9 Å². The van der Waals surface area contributed by atoms with Gasteiger partial charge in [0.2, 0.25) is 15.7 Å². The SMILES string of the molecule is CCOc1ccc([C@H]2CC(=O)Nc3c(S(=O)(=O)c4ccc(Cl)cc4)csc32)cc1. The lowest BCUT2D eigenvalue weighted by molar-refractivity contribution is -0.116. The molecule has 8 heteroatoms. The topological polar surface area (TPSA) is 72.5 Å². The van der Waals surface area contributed by atoms with E-state index in [0.717, 1.165) is 16.2 Å². The number of fused-ring (bicyclic) bond motifs is 1. The first-order valence-corrected chi connectivity index (χ1v) is 11.8. The van der Waals surface area contributed by atoms with Crippen molar-refractivity contribution in [1.82, 2.24) is 0 Å². The number of hydrogen-bond donors (Lipinski definition) is 1. The van der Waals surface area contributed by atoms with E-state index in [-0.39, 0.29) is 28.0 Å². The summed E-state index contributed by atoms with van der Waals surface area (Å²) in [7, 11) is -3.78. The Labute approximate surface area is 178 Å². The summed E-state index contributed by atoms with van der Waals surface area (Å²) in [5, 5.41) is 4.83. The van der Waals surface area contributed by atoms with Gasteiger partial charge in [0.1, 0.15) is 10.6 Å². The molecule has 2 heterocycles. The fourth-order valence-electron chi connectivity index (χ4n) is 3.38. The van der Waals surface area contributed by atoms with E-state index in [1.54, 1.807) is 5.38 Å². The first-order chi connectivity index (χ1) is 13.9. The van der Waals surface area contributed by atoms with Crippen LogP contribution in [0.4, 0.5) is 5.69 Å². The molecule has 150 valence electrons. The number of anilines is 1. The molecule has 5 nitrogen and oxygen atoms in total. The van der Waals surface area contributed by atoms with Crippen molar-refractivity contribution in [3.8, 4) is 5.75 Å². The van der Waals surface area contributed by atoms with Crippen molar-refractivity contribution in [2.24, 2.45) is 0 Å². The van der Waals surface area contributed by atoms with Crippen molar-refractivity contribution in [3.05, 3.63) is 69.4 Å². The number of ether oxygens (including phenoxy) is 1. The number of carbonyl (C=O) groups excluding carboxylic acids is 1. The zero-order chi connectivity index (χ0) is 20.6. The van der Waals surface area contributed by atoms with Gasteiger partial charge >= 0.3 is 0 Å². The highest BCUT2D eigenvalue weighted by Crippen LogP contribution is 2.46. The van der Waals surface area contributed by atoms with Gasteiger partial charge in [-0.15, -0.1) is 11.3 Å². The smallest absolute Gasteiger partial charge is 0.225 e. The maximum atomic E-state index is 13.1. The predicted molar refractivity (Wildman–Crippen MR) is 114 cm³/mol. The van der Waals surface area contributed by atoms with E-state index < -0.39 is 9.84 Å². The standard InChI is InChI=1S/C21H18ClNO4S2/c1-2-27-15-7-3-13(4-8-15)17-11-19(24)23-20-18(12-28-21(17)20)29(25,26)16-9-5-14(22)6-10-16/h3-10,12,17H,2,11H2,1H3,(H,23,24)/t17-/m1/s1. The highest BCUT2D eigenvalue weighted by molar-refractivity contribution is 7.91. The minimum atomic E-state index is -3.78. The van der Waals surface area contributed by atoms with Gasteiger partial charge in [0.05, 0.1) is 17.2 Å². The van der Waals surface area contributed by atoms with Gasteiger partial charge in [-0.05, 0) is 48.9 Å². The quantitative estimate of drug-likeness (QED) is 0.590. The van der Waals surface area contributed by atoms with Crippen LogP contribution >= 0.6 is 22.9 Å². The molecule has 0 aliphatic carbocycles. The molecule has 29 heavy (non-hydrogen) atoms. The van der Waals surface area contributed by atoms with E-state index in [9.17, 15) is 13.2 Å². The maximum absolute atomic E-state index is 13.1. The van der Waals surface area contributed by atoms with E-state index in [1.165, 1.54) is 35.6 Å². The van der Waals surface area contributed by atoms with Crippen LogP contribution < -0.4 is 10.1 Å². The number of carbonyl (C=O) groups is 1. The first-order valence-electron chi connectivity index (χ1n) is 9.04. The van der Waals surface area contributed by atoms with Crippen LogP contribution in [0.3, 0.4) is 0 Å². The Morgan fingerprint density at radius 3 is 2.48 bits per heavy atom. The van der Waals surface area contributed by atoms with Crippen molar-refractivity contribution >= 4 is 44.4 Å². The Hall–Kier alpha value is -2.35. The van der Waals surface area contributed by atoms with Gasteiger partial charge in [-0.1, -0.05) is 23.7 Å². The third kappa shape index (κ3) is 3.77. The van der Waals surface area contributed by atoms with Crippen LogP contribution in [0.2, 0.25) is 5.02 Å². The number of sulfone groups is 1. The van der Waals surface area contributed by atoms with Crippen LogP contribution in [0.15, 0.2) is 63.7 Å². The molecule has 3 aromatic rings. The predicted octanol–water partition coefficient (Wildman–Crippen LogP) is 5.11. The average molecular weight is 448 g/mol. The molecule has 0 spiro atoms. The number of rotatable bonds is 5. The highest BCUT2D eigenvalue weighted by Gasteiger charge is 2.34. The minimum absolute atomic E-state index is 0.115. The van der Waals surface area contributed by atoms with Crippen LogP contribution in [-0.2, 0) is 14.6 Å². The maximum Gasteiger partial charge on any atom is 0.225 e. The number of benzene rings is 2. The molecule has 0 bridgehead atoms. The largest absolute Gasteiger partial charge is 0.494 e. The number of halogens is 1. The van der Waals surface area contributed by atoms with Crippen molar-refractivity contribution in [3.63, 3.8) is 0 Å². The van der Waals surface area contributed by atoms with Crippen molar-refractivity contribution < 1.29 is 17.9 Å². The van der Waals surface area contributed by atoms with E-state index in [4.69, 9.17) is 16.3 Å². The lowest BCUT2D eigenvalue weighted by atomic mass is 9.90. The molecule has 0 saturated heterocycles. The van der Waals surface area contributed by atoms with Gasteiger partial charge in [0.15, 0.2) is 0 Å². The molecule has 1 atom stereocenters. The van der Waals surface area contributed by atoms with E-state index in [0.29, 0.717) is 17.3 Å². The Kier molecular flexibility index (Phi) is 5.38. The lowest BCUT2D eigenvalue weighted by Crippen LogP contribution is -2.23. The zero-order valence-electron chi connectivity index (χ0n) is 15.5. The van der Waals surface area contributed by atoms with E-state index in [2.05, 4.69) is 5.32 Å². The summed E-state index contributed by atoms with van der Waals surface area (Å²) < 4.78 is 31.8. The summed E-state index contributed by atoms with van der Waals surface area (Å²) in [6.45, 7) is 2.49. The zero-order valence-corrected chi connectivity index (χ0v) is 17.9. The molecule has 1 aromatic heterocycles. The van der Waals surface area contributed by atoms with Crippen LogP contribution in [0, 0.1) is 0 Å². The number of amides is 1. The monoisotopic (exact) mass is 447 g/mol. The fourth-order valence-corrected chi connectivity index (χ4v) is 6.41. The average Bonchev–Trinajstić information content (AvgIpc) is 3.13. The Balaban J connectivity index is 1.75. The van der Waals surface area contributed by atoms with Gasteiger partial charge in [-0.3, -0.25) is 4.79 Å². The lowest BCUT2D eigenvalue weighted by Gasteiger charge is -2.24. The Morgan fingerprint density at radius 2 is 1.83 bits per heavy atom.